The molecule has 1 unspecified atom stereocenters. The molecule has 1 aliphatic heterocycles. The Morgan fingerprint density at radius 1 is 1.50 bits per heavy atom. The molecular formula is C14H22N2O2. The summed E-state index contributed by atoms with van der Waals surface area (Å²) in [6, 6.07) is 5.91. The number of rotatable bonds is 5. The van der Waals surface area contributed by atoms with Crippen molar-refractivity contribution in [2.75, 3.05) is 36.9 Å². The molecule has 2 rings (SSSR count). The Balaban J connectivity index is 2.13. The van der Waals surface area contributed by atoms with Crippen LogP contribution in [0.3, 0.4) is 0 Å². The molecule has 0 bridgehead atoms. The van der Waals surface area contributed by atoms with Crippen molar-refractivity contribution in [3.8, 4) is 5.75 Å². The highest BCUT2D eigenvalue weighted by Gasteiger charge is 2.23. The van der Waals surface area contributed by atoms with Crippen LogP contribution in [-0.4, -0.2) is 31.4 Å². The highest BCUT2D eigenvalue weighted by Crippen LogP contribution is 2.35. The maximum Gasteiger partial charge on any atom is 0.144 e. The van der Waals surface area contributed by atoms with Gasteiger partial charge < -0.3 is 20.5 Å². The second kappa shape index (κ2) is 5.96. The Labute approximate surface area is 108 Å². The molecule has 1 atom stereocenters. The summed E-state index contributed by atoms with van der Waals surface area (Å²) in [5, 5.41) is 9.19. The van der Waals surface area contributed by atoms with E-state index in [-0.39, 0.29) is 6.61 Å². The molecule has 1 fully saturated rings. The Morgan fingerprint density at radius 2 is 2.33 bits per heavy atom. The fourth-order valence-corrected chi connectivity index (χ4v) is 2.35. The number of anilines is 2. The Morgan fingerprint density at radius 3 is 3.00 bits per heavy atom. The molecule has 100 valence electrons. The molecule has 1 saturated heterocycles. The van der Waals surface area contributed by atoms with E-state index in [4.69, 9.17) is 10.5 Å². The molecule has 0 amide bonds. The highest BCUT2D eigenvalue weighted by molar-refractivity contribution is 5.74. The number of aliphatic hydroxyl groups excluding tert-OH is 1. The summed E-state index contributed by atoms with van der Waals surface area (Å²) < 4.78 is 5.64. The van der Waals surface area contributed by atoms with E-state index in [1.807, 2.05) is 18.2 Å². The molecule has 3 N–H and O–H groups in total. The standard InChI is InChI=1S/C14H22N2O2/c1-2-8-18-13-5-3-4-12(14(13)15)16-7-6-11(9-16)10-17/h3-5,11,17H,2,6-10,15H2,1H3. The van der Waals surface area contributed by atoms with E-state index in [0.717, 1.165) is 37.4 Å². The van der Waals surface area contributed by atoms with Crippen LogP contribution >= 0.6 is 0 Å². The monoisotopic (exact) mass is 250 g/mol. The van der Waals surface area contributed by atoms with Crippen molar-refractivity contribution in [1.29, 1.82) is 0 Å². The van der Waals surface area contributed by atoms with Gasteiger partial charge in [0.25, 0.3) is 0 Å². The van der Waals surface area contributed by atoms with E-state index >= 15 is 0 Å². The quantitative estimate of drug-likeness (QED) is 0.783. The van der Waals surface area contributed by atoms with Crippen LogP contribution < -0.4 is 15.4 Å². The van der Waals surface area contributed by atoms with E-state index in [0.29, 0.717) is 18.2 Å². The zero-order valence-corrected chi connectivity index (χ0v) is 10.9. The number of ether oxygens (including phenoxy) is 1. The van der Waals surface area contributed by atoms with E-state index in [1.165, 1.54) is 0 Å². The number of hydrogen-bond donors (Lipinski definition) is 2. The molecule has 1 aromatic rings. The summed E-state index contributed by atoms with van der Waals surface area (Å²) in [5.74, 6) is 1.13. The predicted octanol–water partition coefficient (Wildman–Crippen LogP) is 1.88. The van der Waals surface area contributed by atoms with Gasteiger partial charge in [-0.25, -0.2) is 0 Å². The van der Waals surface area contributed by atoms with Gasteiger partial charge >= 0.3 is 0 Å². The fraction of sp³-hybridized carbons (Fsp3) is 0.571. The topological polar surface area (TPSA) is 58.7 Å². The van der Waals surface area contributed by atoms with Crippen LogP contribution in [0.2, 0.25) is 0 Å². The smallest absolute Gasteiger partial charge is 0.144 e. The largest absolute Gasteiger partial charge is 0.491 e. The summed E-state index contributed by atoms with van der Waals surface area (Å²) in [5.41, 5.74) is 7.90. The first-order valence-corrected chi connectivity index (χ1v) is 6.63. The van der Waals surface area contributed by atoms with Crippen molar-refractivity contribution in [3.05, 3.63) is 18.2 Å². The number of nitrogen functional groups attached to an aromatic ring is 1. The molecule has 4 heteroatoms. The average molecular weight is 250 g/mol. The third-order valence-electron chi connectivity index (χ3n) is 3.39. The van der Waals surface area contributed by atoms with Crippen molar-refractivity contribution >= 4 is 11.4 Å². The van der Waals surface area contributed by atoms with Gasteiger partial charge in [0.05, 0.1) is 18.0 Å². The third kappa shape index (κ3) is 2.70. The van der Waals surface area contributed by atoms with E-state index in [9.17, 15) is 5.11 Å². The third-order valence-corrected chi connectivity index (χ3v) is 3.39. The molecule has 18 heavy (non-hydrogen) atoms. The maximum absolute atomic E-state index is 9.19. The lowest BCUT2D eigenvalue weighted by Gasteiger charge is -2.22. The van der Waals surface area contributed by atoms with Crippen molar-refractivity contribution in [2.24, 2.45) is 5.92 Å². The predicted molar refractivity (Wildman–Crippen MR) is 74.0 cm³/mol. The number of nitrogens with two attached hydrogens (primary N) is 1. The summed E-state index contributed by atoms with van der Waals surface area (Å²) in [4.78, 5) is 2.23. The van der Waals surface area contributed by atoms with Gasteiger partial charge in [-0.1, -0.05) is 13.0 Å². The van der Waals surface area contributed by atoms with Gasteiger partial charge in [0.2, 0.25) is 0 Å². The van der Waals surface area contributed by atoms with Crippen LogP contribution in [0, 0.1) is 5.92 Å². The van der Waals surface area contributed by atoms with Gasteiger partial charge in [-0.3, -0.25) is 0 Å². The van der Waals surface area contributed by atoms with Crippen molar-refractivity contribution in [2.45, 2.75) is 19.8 Å². The second-order valence-electron chi connectivity index (χ2n) is 4.82. The number of aliphatic hydroxyl groups is 1. The molecule has 0 saturated carbocycles. The Kier molecular flexibility index (Phi) is 4.31. The Hall–Kier alpha value is -1.42. The zero-order chi connectivity index (χ0) is 13.0. The molecule has 0 aliphatic carbocycles. The van der Waals surface area contributed by atoms with E-state index in [2.05, 4.69) is 11.8 Å². The molecule has 0 aromatic heterocycles. The molecule has 1 aromatic carbocycles. The highest BCUT2D eigenvalue weighted by atomic mass is 16.5. The molecular weight excluding hydrogens is 228 g/mol. The number of hydrogen-bond acceptors (Lipinski definition) is 4. The minimum atomic E-state index is 0.252. The van der Waals surface area contributed by atoms with Crippen LogP contribution in [0.15, 0.2) is 18.2 Å². The van der Waals surface area contributed by atoms with Gasteiger partial charge in [0.1, 0.15) is 5.75 Å². The first-order valence-electron chi connectivity index (χ1n) is 6.63. The van der Waals surface area contributed by atoms with Gasteiger partial charge in [-0.2, -0.15) is 0 Å². The van der Waals surface area contributed by atoms with Gasteiger partial charge in [0.15, 0.2) is 0 Å². The van der Waals surface area contributed by atoms with Crippen LogP contribution in [-0.2, 0) is 0 Å². The first kappa shape index (κ1) is 13.0. The van der Waals surface area contributed by atoms with Crippen LogP contribution in [0.1, 0.15) is 19.8 Å². The van der Waals surface area contributed by atoms with Crippen molar-refractivity contribution in [1.82, 2.24) is 0 Å². The van der Waals surface area contributed by atoms with Gasteiger partial charge in [-0.05, 0) is 25.0 Å². The minimum Gasteiger partial charge on any atom is -0.491 e. The van der Waals surface area contributed by atoms with E-state index in [1.54, 1.807) is 0 Å². The lowest BCUT2D eigenvalue weighted by atomic mass is 10.1. The molecule has 1 heterocycles. The summed E-state index contributed by atoms with van der Waals surface area (Å²) in [7, 11) is 0. The average Bonchev–Trinajstić information content (AvgIpc) is 2.86. The SMILES string of the molecule is CCCOc1cccc(N2CCC(CO)C2)c1N. The zero-order valence-electron chi connectivity index (χ0n) is 10.9. The molecule has 4 nitrogen and oxygen atoms in total. The second-order valence-corrected chi connectivity index (χ2v) is 4.82. The van der Waals surface area contributed by atoms with Crippen molar-refractivity contribution < 1.29 is 9.84 Å². The van der Waals surface area contributed by atoms with Gasteiger partial charge in [0, 0.05) is 25.6 Å². The number of para-hydroxylation sites is 1. The summed E-state index contributed by atoms with van der Waals surface area (Å²) in [6.07, 6.45) is 2.00. The summed E-state index contributed by atoms with van der Waals surface area (Å²) >= 11 is 0. The number of benzene rings is 1. The van der Waals surface area contributed by atoms with Crippen molar-refractivity contribution in [3.63, 3.8) is 0 Å². The lowest BCUT2D eigenvalue weighted by molar-refractivity contribution is 0.238. The molecule has 0 radical (unpaired) electrons. The van der Waals surface area contributed by atoms with Crippen LogP contribution in [0.5, 0.6) is 5.75 Å². The van der Waals surface area contributed by atoms with Gasteiger partial charge in [-0.15, -0.1) is 0 Å². The number of nitrogens with zero attached hydrogens (tertiary/aromatic N) is 1. The lowest BCUT2D eigenvalue weighted by Crippen LogP contribution is -2.21. The first-order chi connectivity index (χ1) is 8.76. The van der Waals surface area contributed by atoms with E-state index < -0.39 is 0 Å². The Bertz CT molecular complexity index is 395. The fourth-order valence-electron chi connectivity index (χ4n) is 2.35. The van der Waals surface area contributed by atoms with Crippen LogP contribution in [0.4, 0.5) is 11.4 Å². The minimum absolute atomic E-state index is 0.252. The molecule has 0 spiro atoms. The maximum atomic E-state index is 9.19. The van der Waals surface area contributed by atoms with Crippen LogP contribution in [0.25, 0.3) is 0 Å². The summed E-state index contributed by atoms with van der Waals surface area (Å²) in [6.45, 7) is 4.84. The normalized spacial score (nSPS) is 19.2. The molecule has 1 aliphatic rings.